The van der Waals surface area contributed by atoms with Gasteiger partial charge < -0.3 is 15.5 Å². The van der Waals surface area contributed by atoms with E-state index in [1.165, 1.54) is 4.57 Å². The molecule has 2 heterocycles. The molecule has 0 aliphatic heterocycles. The van der Waals surface area contributed by atoms with E-state index in [1.54, 1.807) is 30.5 Å². The Labute approximate surface area is 178 Å². The summed E-state index contributed by atoms with van der Waals surface area (Å²) in [5, 5.41) is 25.5. The van der Waals surface area contributed by atoms with E-state index in [0.717, 1.165) is 41.3 Å². The number of hydrogen-bond acceptors (Lipinski definition) is 4. The van der Waals surface area contributed by atoms with Crippen LogP contribution in [-0.4, -0.2) is 25.7 Å². The predicted octanol–water partition coefficient (Wildman–Crippen LogP) is 5.05. The number of rotatable bonds is 3. The molecule has 0 radical (unpaired) electrons. The standard InChI is InChI=1S/C25H21N3O3/c29-23(27-19-5-1-3-14-4-2-12-26-22(14)19)15-8-10-18(11-9-15)28-24(30)20-16-6-7-17(13-16)21(20)25(28)31/h1-5,8-12,16-17,30-31H,6-7,13H2,(H,27,29)/t16-,17+. The predicted molar refractivity (Wildman–Crippen MR) is 118 cm³/mol. The highest BCUT2D eigenvalue weighted by Gasteiger charge is 2.44. The van der Waals surface area contributed by atoms with Gasteiger partial charge in [0.05, 0.1) is 16.9 Å². The summed E-state index contributed by atoms with van der Waals surface area (Å²) in [7, 11) is 0. The number of carbonyl (C=O) groups is 1. The molecule has 1 saturated carbocycles. The van der Waals surface area contributed by atoms with Crippen LogP contribution in [0.5, 0.6) is 11.8 Å². The van der Waals surface area contributed by atoms with Crippen LogP contribution in [0.15, 0.2) is 60.8 Å². The number of aromatic nitrogens is 2. The van der Waals surface area contributed by atoms with E-state index in [-0.39, 0.29) is 17.7 Å². The molecule has 2 bridgehead atoms. The van der Waals surface area contributed by atoms with Crippen molar-refractivity contribution in [1.29, 1.82) is 0 Å². The number of pyridine rings is 1. The molecule has 0 saturated heterocycles. The van der Waals surface area contributed by atoms with Crippen molar-refractivity contribution in [3.63, 3.8) is 0 Å². The molecule has 4 aromatic rings. The van der Waals surface area contributed by atoms with Crippen LogP contribution in [0.4, 0.5) is 5.69 Å². The highest BCUT2D eigenvalue weighted by atomic mass is 16.3. The van der Waals surface area contributed by atoms with Gasteiger partial charge in [-0.25, -0.2) is 0 Å². The smallest absolute Gasteiger partial charge is 0.255 e. The molecule has 2 atom stereocenters. The van der Waals surface area contributed by atoms with Crippen LogP contribution in [-0.2, 0) is 0 Å². The number of benzene rings is 2. The van der Waals surface area contributed by atoms with Crippen LogP contribution in [0, 0.1) is 0 Å². The topological polar surface area (TPSA) is 87.4 Å². The number of carbonyl (C=O) groups excluding carboxylic acids is 1. The molecule has 2 aromatic heterocycles. The minimum Gasteiger partial charge on any atom is -0.494 e. The molecule has 2 aromatic carbocycles. The van der Waals surface area contributed by atoms with Crippen molar-refractivity contribution >= 4 is 22.5 Å². The summed E-state index contributed by atoms with van der Waals surface area (Å²) in [6.45, 7) is 0. The number of amides is 1. The lowest BCUT2D eigenvalue weighted by molar-refractivity contribution is 0.102. The number of anilines is 1. The fourth-order valence-corrected chi connectivity index (χ4v) is 5.30. The van der Waals surface area contributed by atoms with E-state index >= 15 is 0 Å². The van der Waals surface area contributed by atoms with Gasteiger partial charge in [0.1, 0.15) is 0 Å². The van der Waals surface area contributed by atoms with Gasteiger partial charge in [-0.2, -0.15) is 0 Å². The Hall–Kier alpha value is -3.80. The van der Waals surface area contributed by atoms with E-state index in [9.17, 15) is 15.0 Å². The first-order valence-electron chi connectivity index (χ1n) is 10.5. The minimum atomic E-state index is -0.244. The second kappa shape index (κ2) is 6.60. The third-order valence-electron chi connectivity index (χ3n) is 6.71. The van der Waals surface area contributed by atoms with Crippen LogP contribution < -0.4 is 5.32 Å². The van der Waals surface area contributed by atoms with Gasteiger partial charge in [0.15, 0.2) is 0 Å². The fourth-order valence-electron chi connectivity index (χ4n) is 5.30. The molecule has 6 nitrogen and oxygen atoms in total. The lowest BCUT2D eigenvalue weighted by Gasteiger charge is -2.11. The molecule has 0 spiro atoms. The Bertz CT molecular complexity index is 1300. The summed E-state index contributed by atoms with van der Waals surface area (Å²) in [5.41, 5.74) is 4.31. The molecule has 2 aliphatic carbocycles. The Morgan fingerprint density at radius 1 is 0.935 bits per heavy atom. The van der Waals surface area contributed by atoms with Gasteiger partial charge >= 0.3 is 0 Å². The molecule has 1 amide bonds. The van der Waals surface area contributed by atoms with Gasteiger partial charge in [-0.05, 0) is 67.5 Å². The van der Waals surface area contributed by atoms with E-state index in [0.29, 0.717) is 28.8 Å². The van der Waals surface area contributed by atoms with Gasteiger partial charge in [0.2, 0.25) is 11.8 Å². The van der Waals surface area contributed by atoms with E-state index in [2.05, 4.69) is 10.3 Å². The molecule has 6 rings (SSSR count). The highest BCUT2D eigenvalue weighted by Crippen LogP contribution is 2.60. The Morgan fingerprint density at radius 3 is 2.32 bits per heavy atom. The average molecular weight is 411 g/mol. The Balaban J connectivity index is 1.30. The molecular weight excluding hydrogens is 390 g/mol. The zero-order valence-electron chi connectivity index (χ0n) is 16.7. The van der Waals surface area contributed by atoms with E-state index in [4.69, 9.17) is 0 Å². The second-order valence-corrected chi connectivity index (χ2v) is 8.40. The van der Waals surface area contributed by atoms with Crippen molar-refractivity contribution in [1.82, 2.24) is 9.55 Å². The fraction of sp³-hybridized carbons (Fsp3) is 0.200. The number of nitrogens with zero attached hydrogens (tertiary/aromatic N) is 2. The quantitative estimate of drug-likeness (QED) is 0.440. The van der Waals surface area contributed by atoms with Gasteiger partial charge in [-0.15, -0.1) is 0 Å². The van der Waals surface area contributed by atoms with Crippen LogP contribution >= 0.6 is 0 Å². The molecule has 31 heavy (non-hydrogen) atoms. The van der Waals surface area contributed by atoms with Crippen molar-refractivity contribution in [2.24, 2.45) is 0 Å². The summed E-state index contributed by atoms with van der Waals surface area (Å²) in [5.74, 6) is 0.682. The Kier molecular flexibility index (Phi) is 3.84. The monoisotopic (exact) mass is 411 g/mol. The van der Waals surface area contributed by atoms with E-state index < -0.39 is 0 Å². The zero-order valence-corrected chi connectivity index (χ0v) is 16.7. The number of nitrogens with one attached hydrogen (secondary N) is 1. The maximum absolute atomic E-state index is 12.8. The maximum Gasteiger partial charge on any atom is 0.255 e. The highest BCUT2D eigenvalue weighted by molar-refractivity contribution is 6.08. The number of hydrogen-bond donors (Lipinski definition) is 3. The minimum absolute atomic E-state index is 0.124. The maximum atomic E-state index is 12.8. The third-order valence-corrected chi connectivity index (χ3v) is 6.71. The number of aromatic hydroxyl groups is 2. The van der Waals surface area contributed by atoms with Gasteiger partial charge in [0.25, 0.3) is 5.91 Å². The van der Waals surface area contributed by atoms with Gasteiger partial charge in [-0.3, -0.25) is 14.3 Å². The first-order chi connectivity index (χ1) is 15.1. The van der Waals surface area contributed by atoms with E-state index in [1.807, 2.05) is 30.3 Å². The molecule has 1 fully saturated rings. The molecular formula is C25H21N3O3. The molecule has 3 N–H and O–H groups in total. The third kappa shape index (κ3) is 2.64. The van der Waals surface area contributed by atoms with Crippen LogP contribution in [0.3, 0.4) is 0 Å². The summed E-state index contributed by atoms with van der Waals surface area (Å²) in [4.78, 5) is 17.2. The van der Waals surface area contributed by atoms with Gasteiger partial charge in [-0.1, -0.05) is 18.2 Å². The van der Waals surface area contributed by atoms with Crippen LogP contribution in [0.25, 0.3) is 16.6 Å². The summed E-state index contributed by atoms with van der Waals surface area (Å²) in [6.07, 6.45) is 4.86. The molecule has 2 aliphatic rings. The first-order valence-corrected chi connectivity index (χ1v) is 10.5. The van der Waals surface area contributed by atoms with Crippen molar-refractivity contribution < 1.29 is 15.0 Å². The summed E-state index contributed by atoms with van der Waals surface area (Å²) >= 11 is 0. The van der Waals surface area contributed by atoms with Crippen LogP contribution in [0.1, 0.15) is 52.6 Å². The largest absolute Gasteiger partial charge is 0.494 e. The SMILES string of the molecule is O=C(Nc1cccc2cccnc12)c1ccc(-n2c(O)c3c(c2O)[C@H]2CC[C@@H]3C2)cc1. The molecule has 6 heteroatoms. The molecule has 0 unspecified atom stereocenters. The Morgan fingerprint density at radius 2 is 1.61 bits per heavy atom. The number of para-hydroxylation sites is 1. The number of fused-ring (bicyclic) bond motifs is 6. The van der Waals surface area contributed by atoms with Crippen LogP contribution in [0.2, 0.25) is 0 Å². The van der Waals surface area contributed by atoms with Crippen molar-refractivity contribution in [2.75, 3.05) is 5.32 Å². The van der Waals surface area contributed by atoms with Gasteiger partial charge in [0, 0.05) is 28.3 Å². The van der Waals surface area contributed by atoms with Crippen molar-refractivity contribution in [3.8, 4) is 17.4 Å². The summed E-state index contributed by atoms with van der Waals surface area (Å²) < 4.78 is 1.49. The lowest BCUT2D eigenvalue weighted by Crippen LogP contribution is -2.12. The normalized spacial score (nSPS) is 19.0. The second-order valence-electron chi connectivity index (χ2n) is 8.40. The first kappa shape index (κ1) is 18.0. The summed E-state index contributed by atoms with van der Waals surface area (Å²) in [6, 6.07) is 16.3. The zero-order chi connectivity index (χ0) is 21.1. The average Bonchev–Trinajstić information content (AvgIpc) is 3.48. The molecule has 154 valence electrons. The van der Waals surface area contributed by atoms with Crippen molar-refractivity contribution in [2.45, 2.75) is 31.1 Å². The lowest BCUT2D eigenvalue weighted by atomic mass is 9.95. The van der Waals surface area contributed by atoms with Crippen molar-refractivity contribution in [3.05, 3.63) is 77.5 Å².